The van der Waals surface area contributed by atoms with Crippen LogP contribution in [-0.4, -0.2) is 43.2 Å². The minimum Gasteiger partial charge on any atom is -0.335 e. The molecule has 1 saturated heterocycles. The first-order valence-electron chi connectivity index (χ1n) is 6.49. The number of rotatable bonds is 2. The van der Waals surface area contributed by atoms with Crippen LogP contribution >= 0.6 is 0 Å². The van der Waals surface area contributed by atoms with Gasteiger partial charge in [0.1, 0.15) is 0 Å². The zero-order valence-electron chi connectivity index (χ0n) is 10.2. The van der Waals surface area contributed by atoms with Crippen LogP contribution in [0, 0.1) is 0 Å². The van der Waals surface area contributed by atoms with E-state index < -0.39 is 0 Å². The summed E-state index contributed by atoms with van der Waals surface area (Å²) in [5, 5.41) is 6.16. The third-order valence-corrected chi connectivity index (χ3v) is 3.67. The Balaban J connectivity index is 1.67. The van der Waals surface area contributed by atoms with Crippen LogP contribution in [0.5, 0.6) is 0 Å². The number of carbonyl (C=O) groups is 1. The Morgan fingerprint density at radius 1 is 1.06 bits per heavy atom. The van der Waals surface area contributed by atoms with Gasteiger partial charge in [-0.1, -0.05) is 19.3 Å². The van der Waals surface area contributed by atoms with Gasteiger partial charge in [0.05, 0.1) is 0 Å². The fourth-order valence-corrected chi connectivity index (χ4v) is 2.71. The maximum absolute atomic E-state index is 11.7. The highest BCUT2D eigenvalue weighted by Crippen LogP contribution is 2.17. The third-order valence-electron chi connectivity index (χ3n) is 3.67. The molecule has 1 aliphatic carbocycles. The molecule has 2 rings (SSSR count). The fourth-order valence-electron chi connectivity index (χ4n) is 2.71. The Morgan fingerprint density at radius 3 is 2.38 bits per heavy atom. The molecule has 1 saturated carbocycles. The molecule has 16 heavy (non-hydrogen) atoms. The number of hydrogen-bond donors (Lipinski definition) is 2. The van der Waals surface area contributed by atoms with Crippen molar-refractivity contribution in [3.8, 4) is 0 Å². The van der Waals surface area contributed by atoms with Gasteiger partial charge in [0.2, 0.25) is 0 Å². The Morgan fingerprint density at radius 2 is 1.75 bits per heavy atom. The third kappa shape index (κ3) is 3.37. The van der Waals surface area contributed by atoms with Crippen LogP contribution in [0.1, 0.15) is 38.5 Å². The highest BCUT2D eigenvalue weighted by Gasteiger charge is 2.22. The Hall–Kier alpha value is -0.770. The van der Waals surface area contributed by atoms with E-state index in [1.54, 1.807) is 0 Å². The summed E-state index contributed by atoms with van der Waals surface area (Å²) in [6, 6.07) is 0.786. The van der Waals surface area contributed by atoms with Crippen molar-refractivity contribution in [2.75, 3.05) is 20.1 Å². The predicted molar refractivity (Wildman–Crippen MR) is 64.4 cm³/mol. The summed E-state index contributed by atoms with van der Waals surface area (Å²) in [7, 11) is 2.10. The summed E-state index contributed by atoms with van der Waals surface area (Å²) < 4.78 is 0. The molecular formula is C12H23N3O. The van der Waals surface area contributed by atoms with Gasteiger partial charge in [-0.3, -0.25) is 0 Å². The van der Waals surface area contributed by atoms with E-state index in [-0.39, 0.29) is 6.03 Å². The maximum Gasteiger partial charge on any atom is 0.315 e. The first kappa shape index (κ1) is 11.7. The van der Waals surface area contributed by atoms with Crippen molar-refractivity contribution in [3.63, 3.8) is 0 Å². The predicted octanol–water partition coefficient (Wildman–Crippen LogP) is 1.32. The van der Waals surface area contributed by atoms with Gasteiger partial charge in [-0.2, -0.15) is 0 Å². The topological polar surface area (TPSA) is 44.4 Å². The molecule has 0 aromatic heterocycles. The van der Waals surface area contributed by atoms with Crippen LogP contribution in [0.3, 0.4) is 0 Å². The van der Waals surface area contributed by atoms with Gasteiger partial charge in [-0.15, -0.1) is 0 Å². The van der Waals surface area contributed by atoms with E-state index in [1.165, 1.54) is 19.3 Å². The lowest BCUT2D eigenvalue weighted by atomic mass is 9.96. The number of amides is 2. The number of likely N-dealkylation sites (tertiary alicyclic amines) is 1. The van der Waals surface area contributed by atoms with Crippen LogP contribution in [0.2, 0.25) is 0 Å². The molecule has 0 aromatic rings. The van der Waals surface area contributed by atoms with Gasteiger partial charge in [-0.05, 0) is 32.9 Å². The molecule has 0 spiro atoms. The largest absolute Gasteiger partial charge is 0.335 e. The van der Waals surface area contributed by atoms with Crippen molar-refractivity contribution in [3.05, 3.63) is 0 Å². The molecule has 0 radical (unpaired) electrons. The zero-order valence-corrected chi connectivity index (χ0v) is 10.2. The first-order valence-corrected chi connectivity index (χ1v) is 6.49. The Kier molecular flexibility index (Phi) is 4.04. The van der Waals surface area contributed by atoms with Crippen molar-refractivity contribution in [1.82, 2.24) is 15.5 Å². The molecule has 4 heteroatoms. The highest BCUT2D eigenvalue weighted by molar-refractivity contribution is 5.74. The van der Waals surface area contributed by atoms with E-state index in [2.05, 4.69) is 22.6 Å². The number of urea groups is 1. The number of nitrogens with zero attached hydrogens (tertiary/aromatic N) is 1. The molecule has 1 aliphatic heterocycles. The van der Waals surface area contributed by atoms with Crippen molar-refractivity contribution >= 4 is 6.03 Å². The molecule has 2 fully saturated rings. The second-order valence-electron chi connectivity index (χ2n) is 5.20. The molecule has 2 aliphatic rings. The molecule has 0 bridgehead atoms. The monoisotopic (exact) mass is 225 g/mol. The summed E-state index contributed by atoms with van der Waals surface area (Å²) in [6.07, 6.45) is 7.23. The Bertz CT molecular complexity index is 230. The van der Waals surface area contributed by atoms with Gasteiger partial charge >= 0.3 is 6.03 Å². The van der Waals surface area contributed by atoms with Gasteiger partial charge in [0, 0.05) is 18.6 Å². The van der Waals surface area contributed by atoms with E-state index >= 15 is 0 Å². The molecular weight excluding hydrogens is 202 g/mol. The lowest BCUT2D eigenvalue weighted by Gasteiger charge is -2.24. The van der Waals surface area contributed by atoms with E-state index in [0.29, 0.717) is 12.1 Å². The molecule has 1 heterocycles. The average molecular weight is 225 g/mol. The number of hydrogen-bond acceptors (Lipinski definition) is 2. The summed E-state index contributed by atoms with van der Waals surface area (Å²) in [5.41, 5.74) is 0. The van der Waals surface area contributed by atoms with Crippen LogP contribution < -0.4 is 10.6 Å². The number of likely N-dealkylation sites (N-methyl/N-ethyl adjacent to an activating group) is 1. The number of nitrogens with one attached hydrogen (secondary N) is 2. The molecule has 1 unspecified atom stereocenters. The molecule has 0 aromatic carbocycles. The first-order chi connectivity index (χ1) is 7.74. The van der Waals surface area contributed by atoms with E-state index in [0.717, 1.165) is 32.4 Å². The van der Waals surface area contributed by atoms with Crippen molar-refractivity contribution in [2.45, 2.75) is 50.6 Å². The zero-order chi connectivity index (χ0) is 11.4. The van der Waals surface area contributed by atoms with Gasteiger partial charge in [0.15, 0.2) is 0 Å². The summed E-state index contributed by atoms with van der Waals surface area (Å²) in [6.45, 7) is 2.08. The van der Waals surface area contributed by atoms with Gasteiger partial charge in [0.25, 0.3) is 0 Å². The normalized spacial score (nSPS) is 27.9. The second kappa shape index (κ2) is 5.53. The average Bonchev–Trinajstić information content (AvgIpc) is 2.65. The molecule has 2 N–H and O–H groups in total. The van der Waals surface area contributed by atoms with Crippen molar-refractivity contribution in [2.24, 2.45) is 0 Å². The smallest absolute Gasteiger partial charge is 0.315 e. The van der Waals surface area contributed by atoms with E-state index in [9.17, 15) is 4.79 Å². The van der Waals surface area contributed by atoms with Crippen LogP contribution in [0.25, 0.3) is 0 Å². The van der Waals surface area contributed by atoms with Crippen LogP contribution in [0.4, 0.5) is 4.79 Å². The lowest BCUT2D eigenvalue weighted by Crippen LogP contribution is -2.47. The number of carbonyl (C=O) groups excluding carboxylic acids is 1. The quantitative estimate of drug-likeness (QED) is 0.744. The lowest BCUT2D eigenvalue weighted by molar-refractivity contribution is 0.228. The maximum atomic E-state index is 11.7. The minimum atomic E-state index is 0.0344. The standard InChI is InChI=1S/C12H23N3O/c1-15-8-7-11(9-15)14-12(16)13-10-5-3-2-4-6-10/h10-11H,2-9H2,1H3,(H2,13,14,16). The summed E-state index contributed by atoms with van der Waals surface area (Å²) in [4.78, 5) is 14.0. The summed E-state index contributed by atoms with van der Waals surface area (Å²) in [5.74, 6) is 0. The molecule has 92 valence electrons. The van der Waals surface area contributed by atoms with E-state index in [4.69, 9.17) is 0 Å². The SMILES string of the molecule is CN1CCC(NC(=O)NC2CCCCC2)C1. The van der Waals surface area contributed by atoms with Crippen molar-refractivity contribution in [1.29, 1.82) is 0 Å². The van der Waals surface area contributed by atoms with Gasteiger partial charge in [-0.25, -0.2) is 4.79 Å². The fraction of sp³-hybridized carbons (Fsp3) is 0.917. The second-order valence-corrected chi connectivity index (χ2v) is 5.20. The molecule has 2 amide bonds. The Labute approximate surface area is 97.8 Å². The van der Waals surface area contributed by atoms with Gasteiger partial charge < -0.3 is 15.5 Å². The molecule has 4 nitrogen and oxygen atoms in total. The minimum absolute atomic E-state index is 0.0344. The van der Waals surface area contributed by atoms with E-state index in [1.807, 2.05) is 0 Å². The summed E-state index contributed by atoms with van der Waals surface area (Å²) >= 11 is 0. The van der Waals surface area contributed by atoms with Crippen LogP contribution in [-0.2, 0) is 0 Å². The van der Waals surface area contributed by atoms with Crippen molar-refractivity contribution < 1.29 is 4.79 Å². The molecule has 1 atom stereocenters. The van der Waals surface area contributed by atoms with Crippen LogP contribution in [0.15, 0.2) is 0 Å². The highest BCUT2D eigenvalue weighted by atomic mass is 16.2.